The van der Waals surface area contributed by atoms with Crippen LogP contribution in [0.15, 0.2) is 24.3 Å². The van der Waals surface area contributed by atoms with Gasteiger partial charge in [0.1, 0.15) is 0 Å². The standard InChI is InChI=1S/C15H20N2O5/c1-4-17(2)14(19)11-7-5-6-10(8-11)13(18)16-9-12(22-3)15(20)21/h5-8,12H,4,9H2,1-3H3,(H,16,18)(H,20,21). The normalized spacial score (nSPS) is 11.6. The van der Waals surface area contributed by atoms with Gasteiger partial charge in [-0.3, -0.25) is 9.59 Å². The molecule has 7 heteroatoms. The highest BCUT2D eigenvalue weighted by atomic mass is 16.5. The average Bonchev–Trinajstić information content (AvgIpc) is 2.53. The molecule has 1 aromatic carbocycles. The van der Waals surface area contributed by atoms with Gasteiger partial charge in [-0.25, -0.2) is 4.79 Å². The molecule has 0 radical (unpaired) electrons. The van der Waals surface area contributed by atoms with Crippen molar-refractivity contribution in [3.05, 3.63) is 35.4 Å². The van der Waals surface area contributed by atoms with E-state index >= 15 is 0 Å². The van der Waals surface area contributed by atoms with Crippen molar-refractivity contribution in [1.29, 1.82) is 0 Å². The van der Waals surface area contributed by atoms with Crippen LogP contribution in [0.25, 0.3) is 0 Å². The summed E-state index contributed by atoms with van der Waals surface area (Å²) < 4.78 is 4.73. The first-order valence-corrected chi connectivity index (χ1v) is 6.80. The Morgan fingerprint density at radius 2 is 1.95 bits per heavy atom. The topological polar surface area (TPSA) is 95.9 Å². The number of methoxy groups -OCH3 is 1. The Hall–Kier alpha value is -2.41. The minimum absolute atomic E-state index is 0.155. The Labute approximate surface area is 128 Å². The third-order valence-electron chi connectivity index (χ3n) is 3.20. The van der Waals surface area contributed by atoms with E-state index in [9.17, 15) is 14.4 Å². The van der Waals surface area contributed by atoms with Crippen molar-refractivity contribution in [2.45, 2.75) is 13.0 Å². The molecule has 2 amide bonds. The third kappa shape index (κ3) is 4.56. The van der Waals surface area contributed by atoms with Crippen LogP contribution in [0, 0.1) is 0 Å². The van der Waals surface area contributed by atoms with Crippen molar-refractivity contribution in [2.24, 2.45) is 0 Å². The summed E-state index contributed by atoms with van der Waals surface area (Å²) in [5.41, 5.74) is 0.689. The van der Waals surface area contributed by atoms with E-state index in [1.807, 2.05) is 6.92 Å². The van der Waals surface area contributed by atoms with E-state index in [0.717, 1.165) is 0 Å². The highest BCUT2D eigenvalue weighted by Crippen LogP contribution is 2.08. The number of nitrogens with one attached hydrogen (secondary N) is 1. The van der Waals surface area contributed by atoms with E-state index in [-0.39, 0.29) is 18.0 Å². The van der Waals surface area contributed by atoms with Crippen LogP contribution in [0.5, 0.6) is 0 Å². The molecule has 0 fully saturated rings. The maximum atomic E-state index is 12.0. The van der Waals surface area contributed by atoms with Gasteiger partial charge in [0, 0.05) is 31.8 Å². The molecule has 1 rings (SSSR count). The van der Waals surface area contributed by atoms with Crippen LogP contribution in [0.2, 0.25) is 0 Å². The number of rotatable bonds is 7. The molecular formula is C15H20N2O5. The van der Waals surface area contributed by atoms with Gasteiger partial charge in [-0.1, -0.05) is 6.07 Å². The lowest BCUT2D eigenvalue weighted by molar-refractivity contribution is -0.148. The molecule has 0 aliphatic heterocycles. The first-order chi connectivity index (χ1) is 10.4. The average molecular weight is 308 g/mol. The van der Waals surface area contributed by atoms with Gasteiger partial charge in [0.05, 0.1) is 6.54 Å². The van der Waals surface area contributed by atoms with Crippen molar-refractivity contribution in [2.75, 3.05) is 27.2 Å². The first kappa shape index (κ1) is 17.6. The summed E-state index contributed by atoms with van der Waals surface area (Å²) in [7, 11) is 2.93. The second kappa shape index (κ2) is 8.14. The number of carbonyl (C=O) groups is 3. The summed E-state index contributed by atoms with van der Waals surface area (Å²) in [5, 5.41) is 11.3. The van der Waals surface area contributed by atoms with Crippen molar-refractivity contribution in [1.82, 2.24) is 10.2 Å². The number of carbonyl (C=O) groups excluding carboxylic acids is 2. The first-order valence-electron chi connectivity index (χ1n) is 6.80. The van der Waals surface area contributed by atoms with E-state index in [0.29, 0.717) is 12.1 Å². The predicted octanol–water partition coefficient (Wildman–Crippen LogP) is 0.608. The Balaban J connectivity index is 2.78. The Morgan fingerprint density at radius 1 is 1.32 bits per heavy atom. The van der Waals surface area contributed by atoms with Gasteiger partial charge in [-0.15, -0.1) is 0 Å². The summed E-state index contributed by atoms with van der Waals surface area (Å²) in [4.78, 5) is 36.4. The van der Waals surface area contributed by atoms with Crippen LogP contribution < -0.4 is 5.32 Å². The molecule has 0 aliphatic carbocycles. The molecule has 0 bridgehead atoms. The van der Waals surface area contributed by atoms with Gasteiger partial charge < -0.3 is 20.1 Å². The predicted molar refractivity (Wildman–Crippen MR) is 79.8 cm³/mol. The van der Waals surface area contributed by atoms with Crippen molar-refractivity contribution in [3.63, 3.8) is 0 Å². The molecule has 7 nitrogen and oxygen atoms in total. The summed E-state index contributed by atoms with van der Waals surface area (Å²) in [5.74, 6) is -1.80. The van der Waals surface area contributed by atoms with Crippen LogP contribution in [0.1, 0.15) is 27.6 Å². The third-order valence-corrected chi connectivity index (χ3v) is 3.20. The molecule has 22 heavy (non-hydrogen) atoms. The molecule has 2 N–H and O–H groups in total. The molecule has 0 aromatic heterocycles. The Bertz CT molecular complexity index is 559. The monoisotopic (exact) mass is 308 g/mol. The van der Waals surface area contributed by atoms with Gasteiger partial charge in [0.25, 0.3) is 11.8 Å². The summed E-state index contributed by atoms with van der Waals surface area (Å²) in [6, 6.07) is 6.27. The SMILES string of the molecule is CCN(C)C(=O)c1cccc(C(=O)NCC(OC)C(=O)O)c1. The zero-order chi connectivity index (χ0) is 16.7. The van der Waals surface area contributed by atoms with Gasteiger partial charge in [-0.05, 0) is 25.1 Å². The Morgan fingerprint density at radius 3 is 2.50 bits per heavy atom. The fourth-order valence-electron chi connectivity index (χ4n) is 1.72. The van der Waals surface area contributed by atoms with Crippen LogP contribution in [0.4, 0.5) is 0 Å². The van der Waals surface area contributed by atoms with E-state index in [4.69, 9.17) is 9.84 Å². The zero-order valence-electron chi connectivity index (χ0n) is 12.8. The molecule has 1 aromatic rings. The largest absolute Gasteiger partial charge is 0.479 e. The van der Waals surface area contributed by atoms with Gasteiger partial charge in [0.15, 0.2) is 6.10 Å². The fraction of sp³-hybridized carbons (Fsp3) is 0.400. The number of benzene rings is 1. The van der Waals surface area contributed by atoms with E-state index in [1.165, 1.54) is 18.1 Å². The number of aliphatic carboxylic acids is 1. The highest BCUT2D eigenvalue weighted by molar-refractivity contribution is 5.99. The van der Waals surface area contributed by atoms with Crippen LogP contribution >= 0.6 is 0 Å². The zero-order valence-corrected chi connectivity index (χ0v) is 12.8. The van der Waals surface area contributed by atoms with Crippen LogP contribution in [0.3, 0.4) is 0 Å². The quantitative estimate of drug-likeness (QED) is 0.769. The number of hydrogen-bond acceptors (Lipinski definition) is 4. The second-order valence-corrected chi connectivity index (χ2v) is 4.67. The van der Waals surface area contributed by atoms with Crippen molar-refractivity contribution in [3.8, 4) is 0 Å². The second-order valence-electron chi connectivity index (χ2n) is 4.67. The fourth-order valence-corrected chi connectivity index (χ4v) is 1.72. The lowest BCUT2D eigenvalue weighted by atomic mass is 10.1. The molecule has 0 aliphatic rings. The van der Waals surface area contributed by atoms with Gasteiger partial charge >= 0.3 is 5.97 Å². The molecule has 0 spiro atoms. The summed E-state index contributed by atoms with van der Waals surface area (Å²) >= 11 is 0. The molecular weight excluding hydrogens is 288 g/mol. The lowest BCUT2D eigenvalue weighted by Gasteiger charge is -2.15. The maximum Gasteiger partial charge on any atom is 0.334 e. The van der Waals surface area contributed by atoms with Crippen LogP contribution in [-0.2, 0) is 9.53 Å². The summed E-state index contributed by atoms with van der Waals surface area (Å²) in [6.07, 6.45) is -1.11. The van der Waals surface area contributed by atoms with E-state index < -0.39 is 18.0 Å². The highest BCUT2D eigenvalue weighted by Gasteiger charge is 2.18. The molecule has 1 atom stereocenters. The van der Waals surface area contributed by atoms with Crippen molar-refractivity contribution < 1.29 is 24.2 Å². The number of ether oxygens (including phenoxy) is 1. The van der Waals surface area contributed by atoms with E-state index in [2.05, 4.69) is 5.32 Å². The number of carboxylic acid groups (broad SMARTS) is 1. The molecule has 120 valence electrons. The minimum Gasteiger partial charge on any atom is -0.479 e. The summed E-state index contributed by atoms with van der Waals surface area (Å²) in [6.45, 7) is 2.26. The number of hydrogen-bond donors (Lipinski definition) is 2. The van der Waals surface area contributed by atoms with Crippen molar-refractivity contribution >= 4 is 17.8 Å². The van der Waals surface area contributed by atoms with Gasteiger partial charge in [-0.2, -0.15) is 0 Å². The molecule has 0 saturated carbocycles. The molecule has 1 unspecified atom stereocenters. The Kier molecular flexibility index (Phi) is 6.52. The smallest absolute Gasteiger partial charge is 0.334 e. The number of nitrogens with zero attached hydrogens (tertiary/aromatic N) is 1. The number of amides is 2. The van der Waals surface area contributed by atoms with Crippen LogP contribution in [-0.4, -0.2) is 61.1 Å². The molecule has 0 heterocycles. The number of carboxylic acids is 1. The maximum absolute atomic E-state index is 12.0. The molecule has 0 saturated heterocycles. The van der Waals surface area contributed by atoms with Gasteiger partial charge in [0.2, 0.25) is 0 Å². The minimum atomic E-state index is -1.16. The van der Waals surface area contributed by atoms with E-state index in [1.54, 1.807) is 25.2 Å². The lowest BCUT2D eigenvalue weighted by Crippen LogP contribution is -2.37.